The number of amides is 2. The van der Waals surface area contributed by atoms with E-state index in [1.807, 2.05) is 0 Å². The fourth-order valence-corrected chi connectivity index (χ4v) is 2.36. The van der Waals surface area contributed by atoms with Crippen LogP contribution in [0.2, 0.25) is 10.0 Å². The van der Waals surface area contributed by atoms with Crippen molar-refractivity contribution in [2.45, 2.75) is 45.8 Å². The molecule has 128 valence electrons. The minimum atomic E-state index is -0.687. The van der Waals surface area contributed by atoms with Gasteiger partial charge in [-0.1, -0.05) is 23.2 Å². The van der Waals surface area contributed by atoms with E-state index in [1.54, 1.807) is 45.9 Å². The van der Waals surface area contributed by atoms with Crippen molar-refractivity contribution in [3.63, 3.8) is 0 Å². The fraction of sp³-hybridized carbons (Fsp3) is 0.500. The van der Waals surface area contributed by atoms with E-state index in [0.717, 1.165) is 5.56 Å². The molecule has 0 aliphatic heterocycles. The molecule has 1 atom stereocenters. The summed E-state index contributed by atoms with van der Waals surface area (Å²) in [5, 5.41) is 6.34. The van der Waals surface area contributed by atoms with Crippen LogP contribution in [0.5, 0.6) is 0 Å². The second kappa shape index (κ2) is 8.41. The van der Waals surface area contributed by atoms with Crippen molar-refractivity contribution < 1.29 is 14.3 Å². The lowest BCUT2D eigenvalue weighted by Crippen LogP contribution is -2.46. The van der Waals surface area contributed by atoms with Crippen LogP contribution in [0.15, 0.2) is 18.2 Å². The molecular formula is C16H22Cl2N2O3. The molecule has 0 bridgehead atoms. The van der Waals surface area contributed by atoms with Gasteiger partial charge >= 0.3 is 6.09 Å². The van der Waals surface area contributed by atoms with Crippen LogP contribution >= 0.6 is 23.2 Å². The zero-order valence-electron chi connectivity index (χ0n) is 13.7. The number of alkyl carbamates (subject to hydrolysis) is 1. The summed E-state index contributed by atoms with van der Waals surface area (Å²) in [5.74, 6) is -0.288. The summed E-state index contributed by atoms with van der Waals surface area (Å²) in [7, 11) is 0. The molecule has 1 rings (SSSR count). The summed E-state index contributed by atoms with van der Waals surface area (Å²) in [5.41, 5.74) is 0.321. The number of hydrogen-bond donors (Lipinski definition) is 2. The molecule has 0 saturated carbocycles. The molecule has 7 heteroatoms. The smallest absolute Gasteiger partial charge is 0.408 e. The lowest BCUT2D eigenvalue weighted by atomic mass is 10.1. The van der Waals surface area contributed by atoms with Gasteiger partial charge in [0.15, 0.2) is 0 Å². The van der Waals surface area contributed by atoms with Crippen LogP contribution in [-0.4, -0.2) is 30.2 Å². The number of ether oxygens (including phenoxy) is 1. The molecule has 1 unspecified atom stereocenters. The zero-order chi connectivity index (χ0) is 17.6. The van der Waals surface area contributed by atoms with Gasteiger partial charge in [0.1, 0.15) is 11.6 Å². The van der Waals surface area contributed by atoms with Gasteiger partial charge in [0.05, 0.1) is 0 Å². The maximum atomic E-state index is 11.9. The summed E-state index contributed by atoms with van der Waals surface area (Å²) in [6, 6.07) is 4.55. The molecule has 1 aromatic rings. The first-order valence-corrected chi connectivity index (χ1v) is 8.04. The Balaban J connectivity index is 2.39. The van der Waals surface area contributed by atoms with Crippen molar-refractivity contribution in [3.8, 4) is 0 Å². The number of nitrogens with one attached hydrogen (secondary N) is 2. The quantitative estimate of drug-likeness (QED) is 0.843. The minimum Gasteiger partial charge on any atom is -0.444 e. The van der Waals surface area contributed by atoms with Crippen LogP contribution < -0.4 is 10.6 Å². The Morgan fingerprint density at radius 2 is 1.74 bits per heavy atom. The Bertz CT molecular complexity index is 551. The lowest BCUT2D eigenvalue weighted by molar-refractivity contribution is -0.122. The van der Waals surface area contributed by atoms with Crippen LogP contribution in [0.4, 0.5) is 4.79 Å². The highest BCUT2D eigenvalue weighted by molar-refractivity contribution is 6.34. The highest BCUT2D eigenvalue weighted by atomic mass is 35.5. The Kier molecular flexibility index (Phi) is 7.16. The predicted octanol–water partition coefficient (Wildman–Crippen LogP) is 3.57. The Morgan fingerprint density at radius 3 is 2.26 bits per heavy atom. The third-order valence-electron chi connectivity index (χ3n) is 2.76. The largest absolute Gasteiger partial charge is 0.444 e. The van der Waals surface area contributed by atoms with Gasteiger partial charge in [0.25, 0.3) is 0 Å². The molecule has 0 aromatic heterocycles. The van der Waals surface area contributed by atoms with Crippen molar-refractivity contribution in [1.29, 1.82) is 0 Å². The van der Waals surface area contributed by atoms with Crippen LogP contribution in [0, 0.1) is 0 Å². The zero-order valence-corrected chi connectivity index (χ0v) is 15.2. The fourth-order valence-electron chi connectivity index (χ4n) is 1.79. The highest BCUT2D eigenvalue weighted by Gasteiger charge is 2.20. The Morgan fingerprint density at radius 1 is 1.17 bits per heavy atom. The van der Waals surface area contributed by atoms with Crippen molar-refractivity contribution in [1.82, 2.24) is 10.6 Å². The molecular weight excluding hydrogens is 339 g/mol. The maximum absolute atomic E-state index is 11.9. The molecule has 1 aromatic carbocycles. The first kappa shape index (κ1) is 19.6. The summed E-state index contributed by atoms with van der Waals surface area (Å²) >= 11 is 11.8. The van der Waals surface area contributed by atoms with Crippen molar-refractivity contribution in [2.24, 2.45) is 0 Å². The van der Waals surface area contributed by atoms with Crippen molar-refractivity contribution >= 4 is 35.2 Å². The number of hydrogen-bond acceptors (Lipinski definition) is 3. The number of carbonyl (C=O) groups is 2. The third kappa shape index (κ3) is 8.09. The van der Waals surface area contributed by atoms with Gasteiger partial charge in [0, 0.05) is 16.6 Å². The lowest BCUT2D eigenvalue weighted by Gasteiger charge is -2.21. The second-order valence-corrected chi connectivity index (χ2v) is 7.06. The van der Waals surface area contributed by atoms with Gasteiger partial charge in [-0.05, 0) is 57.9 Å². The summed E-state index contributed by atoms with van der Waals surface area (Å²) in [4.78, 5) is 23.5. The van der Waals surface area contributed by atoms with E-state index in [0.29, 0.717) is 23.0 Å². The molecule has 0 aliphatic carbocycles. The summed E-state index contributed by atoms with van der Waals surface area (Å²) < 4.78 is 5.10. The molecule has 0 saturated heterocycles. The first-order chi connectivity index (χ1) is 10.6. The molecule has 0 fully saturated rings. The monoisotopic (exact) mass is 360 g/mol. The van der Waals surface area contributed by atoms with Gasteiger partial charge in [0.2, 0.25) is 5.91 Å². The van der Waals surface area contributed by atoms with Crippen LogP contribution in [0.25, 0.3) is 0 Å². The molecule has 2 N–H and O–H groups in total. The van der Waals surface area contributed by atoms with E-state index in [2.05, 4.69) is 10.6 Å². The van der Waals surface area contributed by atoms with E-state index in [9.17, 15) is 9.59 Å². The number of carbonyl (C=O) groups excluding carboxylic acids is 2. The molecule has 0 radical (unpaired) electrons. The summed E-state index contributed by atoms with van der Waals surface area (Å²) in [6.45, 7) is 7.28. The topological polar surface area (TPSA) is 67.4 Å². The number of benzene rings is 1. The predicted molar refractivity (Wildman–Crippen MR) is 92.0 cm³/mol. The molecule has 23 heavy (non-hydrogen) atoms. The highest BCUT2D eigenvalue weighted by Crippen LogP contribution is 2.19. The molecule has 0 aliphatic rings. The minimum absolute atomic E-state index is 0.288. The van der Waals surface area contributed by atoms with Crippen LogP contribution in [0.3, 0.4) is 0 Å². The van der Waals surface area contributed by atoms with Gasteiger partial charge < -0.3 is 15.4 Å². The molecule has 5 nitrogen and oxygen atoms in total. The van der Waals surface area contributed by atoms with E-state index in [4.69, 9.17) is 27.9 Å². The van der Waals surface area contributed by atoms with Crippen molar-refractivity contribution in [3.05, 3.63) is 33.8 Å². The van der Waals surface area contributed by atoms with Crippen molar-refractivity contribution in [2.75, 3.05) is 6.54 Å². The third-order valence-corrected chi connectivity index (χ3v) is 3.20. The average Bonchev–Trinajstić information content (AvgIpc) is 2.34. The van der Waals surface area contributed by atoms with E-state index < -0.39 is 17.7 Å². The number of halogens is 2. The standard InChI is InChI=1S/C16H22Cl2N2O3/c1-10(20-15(22)23-16(2,3)4)14(21)19-6-5-11-7-12(17)9-13(18)8-11/h7-10H,5-6H2,1-4H3,(H,19,21)(H,20,22). The first-order valence-electron chi connectivity index (χ1n) is 7.29. The number of rotatable bonds is 5. The van der Waals surface area contributed by atoms with E-state index in [1.165, 1.54) is 0 Å². The van der Waals surface area contributed by atoms with Gasteiger partial charge in [-0.25, -0.2) is 4.79 Å². The second-order valence-electron chi connectivity index (χ2n) is 6.19. The van der Waals surface area contributed by atoms with Crippen LogP contribution in [0.1, 0.15) is 33.3 Å². The Labute approximate surface area is 146 Å². The molecule has 2 amide bonds. The SMILES string of the molecule is CC(NC(=O)OC(C)(C)C)C(=O)NCCc1cc(Cl)cc(Cl)c1. The normalized spacial score (nSPS) is 12.4. The Hall–Kier alpha value is -1.46. The van der Waals surface area contributed by atoms with Gasteiger partial charge in [-0.2, -0.15) is 0 Å². The molecule has 0 heterocycles. The van der Waals surface area contributed by atoms with E-state index in [-0.39, 0.29) is 5.91 Å². The van der Waals surface area contributed by atoms with Gasteiger partial charge in [-0.15, -0.1) is 0 Å². The average molecular weight is 361 g/mol. The maximum Gasteiger partial charge on any atom is 0.408 e. The van der Waals surface area contributed by atoms with E-state index >= 15 is 0 Å². The summed E-state index contributed by atoms with van der Waals surface area (Å²) in [6.07, 6.45) is -0.0349. The van der Waals surface area contributed by atoms with Crippen LogP contribution in [-0.2, 0) is 16.0 Å². The van der Waals surface area contributed by atoms with Gasteiger partial charge in [-0.3, -0.25) is 4.79 Å². The molecule has 0 spiro atoms.